The number of ether oxygens (including phenoxy) is 3. The van der Waals surface area contributed by atoms with Gasteiger partial charge in [-0.3, -0.25) is 4.79 Å². The lowest BCUT2D eigenvalue weighted by Crippen LogP contribution is -2.30. The molecule has 40 heavy (non-hydrogen) atoms. The number of nitrogens with zero attached hydrogens (tertiary/aromatic N) is 1. The summed E-state index contributed by atoms with van der Waals surface area (Å²) in [6.07, 6.45) is 24.4. The highest BCUT2D eigenvalue weighted by Crippen LogP contribution is 2.34. The van der Waals surface area contributed by atoms with E-state index < -0.39 is 6.09 Å². The van der Waals surface area contributed by atoms with Crippen LogP contribution in [0, 0.1) is 0 Å². The number of carbonyl (C=O) groups excluding carboxylic acids is 2. The minimum absolute atomic E-state index is 0.217. The third-order valence-corrected chi connectivity index (χ3v) is 7.54. The number of hydrogen-bond acceptors (Lipinski definition) is 5. The van der Waals surface area contributed by atoms with Gasteiger partial charge in [-0.15, -0.1) is 0 Å². The van der Waals surface area contributed by atoms with Crippen molar-refractivity contribution >= 4 is 23.0 Å². The first-order valence-electron chi connectivity index (χ1n) is 15.1. The number of rotatable bonds is 18. The van der Waals surface area contributed by atoms with Crippen molar-refractivity contribution in [1.29, 1.82) is 0 Å². The van der Waals surface area contributed by atoms with Gasteiger partial charge >= 0.3 is 12.1 Å². The SMILES string of the molecule is CCCCC/C=C\C/C=C\CCCCCCCC(=O)OCOC(=O)N1CCC(c2c[nH]c3ccc(OC)cc23)C1. The predicted molar refractivity (Wildman–Crippen MR) is 161 cm³/mol. The number of methoxy groups -OCH3 is 1. The number of aromatic amines is 1. The van der Waals surface area contributed by atoms with Gasteiger partial charge in [0.2, 0.25) is 6.79 Å². The van der Waals surface area contributed by atoms with E-state index in [9.17, 15) is 9.59 Å². The van der Waals surface area contributed by atoms with E-state index in [1.165, 1.54) is 44.1 Å². The third kappa shape index (κ3) is 10.7. The van der Waals surface area contributed by atoms with Gasteiger partial charge in [0.1, 0.15) is 5.75 Å². The Bertz CT molecular complexity index is 1090. The first kappa shape index (κ1) is 31.3. The van der Waals surface area contributed by atoms with E-state index in [-0.39, 0.29) is 18.7 Å². The van der Waals surface area contributed by atoms with Crippen LogP contribution in [0.2, 0.25) is 0 Å². The van der Waals surface area contributed by atoms with Crippen LogP contribution < -0.4 is 4.74 Å². The number of amides is 1. The molecule has 1 amide bonds. The summed E-state index contributed by atoms with van der Waals surface area (Å²) < 4.78 is 15.7. The van der Waals surface area contributed by atoms with Gasteiger partial charge < -0.3 is 24.1 Å². The highest BCUT2D eigenvalue weighted by Gasteiger charge is 2.30. The predicted octanol–water partition coefficient (Wildman–Crippen LogP) is 8.42. The molecule has 1 atom stereocenters. The third-order valence-electron chi connectivity index (χ3n) is 7.54. The summed E-state index contributed by atoms with van der Waals surface area (Å²) in [6.45, 7) is 3.09. The Balaban J connectivity index is 1.19. The second-order valence-electron chi connectivity index (χ2n) is 10.6. The summed E-state index contributed by atoms with van der Waals surface area (Å²) >= 11 is 0. The highest BCUT2D eigenvalue weighted by atomic mass is 16.7. The van der Waals surface area contributed by atoms with Crippen molar-refractivity contribution < 1.29 is 23.8 Å². The van der Waals surface area contributed by atoms with Crippen LogP contribution in [0.4, 0.5) is 4.79 Å². The second kappa shape index (κ2) is 18.2. The van der Waals surface area contributed by atoms with Crippen molar-refractivity contribution in [2.45, 2.75) is 96.3 Å². The molecule has 0 aliphatic carbocycles. The van der Waals surface area contributed by atoms with Gasteiger partial charge in [0.05, 0.1) is 7.11 Å². The zero-order valence-corrected chi connectivity index (χ0v) is 24.5. The number of esters is 1. The number of carbonyl (C=O) groups is 2. The van der Waals surface area contributed by atoms with Crippen LogP contribution >= 0.6 is 0 Å². The van der Waals surface area contributed by atoms with E-state index in [0.29, 0.717) is 19.5 Å². The maximum atomic E-state index is 12.5. The fourth-order valence-electron chi connectivity index (χ4n) is 5.16. The molecule has 1 aromatic carbocycles. The molecule has 3 rings (SSSR count). The van der Waals surface area contributed by atoms with Crippen LogP contribution in [0.15, 0.2) is 48.7 Å². The summed E-state index contributed by atoms with van der Waals surface area (Å²) in [4.78, 5) is 29.5. The van der Waals surface area contributed by atoms with Crippen LogP contribution in [-0.2, 0) is 14.3 Å². The molecule has 2 aromatic rings. The fraction of sp³-hybridized carbons (Fsp3) is 0.576. The number of nitrogens with one attached hydrogen (secondary N) is 1. The minimum atomic E-state index is -0.440. The molecule has 1 fully saturated rings. The maximum absolute atomic E-state index is 12.5. The van der Waals surface area contributed by atoms with E-state index in [2.05, 4.69) is 36.2 Å². The molecule has 0 saturated carbocycles. The van der Waals surface area contributed by atoms with Gasteiger partial charge in [-0.05, 0) is 68.7 Å². The number of allylic oxidation sites excluding steroid dienone is 4. The summed E-state index contributed by atoms with van der Waals surface area (Å²) in [5.41, 5.74) is 2.22. The van der Waals surface area contributed by atoms with Crippen LogP contribution in [-0.4, -0.2) is 48.9 Å². The molecule has 1 aromatic heterocycles. The molecule has 220 valence electrons. The zero-order valence-electron chi connectivity index (χ0n) is 24.5. The number of benzene rings is 1. The molecule has 7 heteroatoms. The molecule has 0 spiro atoms. The molecule has 0 bridgehead atoms. The standard InChI is InChI=1S/C33H48N2O5/c1-3-4-5-6-7-8-9-10-11-12-13-14-15-16-17-18-32(36)39-26-40-33(37)35-22-21-27(25-35)30-24-34-31-20-19-28(38-2)23-29(30)31/h7-8,10-11,19-20,23-24,27,34H,3-6,9,12-18,21-22,25-26H2,1-2H3/b8-7-,11-10-. The van der Waals surface area contributed by atoms with E-state index in [1.54, 1.807) is 12.0 Å². The Morgan fingerprint density at radius 3 is 2.50 bits per heavy atom. The quantitative estimate of drug-likeness (QED) is 0.0869. The van der Waals surface area contributed by atoms with E-state index in [4.69, 9.17) is 14.2 Å². The lowest BCUT2D eigenvalue weighted by Gasteiger charge is -2.16. The Morgan fingerprint density at radius 2 is 1.73 bits per heavy atom. The number of likely N-dealkylation sites (tertiary alicyclic amines) is 1. The molecule has 1 N–H and O–H groups in total. The summed E-state index contributed by atoms with van der Waals surface area (Å²) in [5.74, 6) is 0.712. The van der Waals surface area contributed by atoms with Crippen molar-refractivity contribution in [3.63, 3.8) is 0 Å². The molecule has 1 aliphatic heterocycles. The van der Waals surface area contributed by atoms with Crippen molar-refractivity contribution in [2.75, 3.05) is 27.0 Å². The zero-order chi connectivity index (χ0) is 28.4. The fourth-order valence-corrected chi connectivity index (χ4v) is 5.16. The number of fused-ring (bicyclic) bond motifs is 1. The van der Waals surface area contributed by atoms with Crippen LogP contribution in [0.25, 0.3) is 10.9 Å². The highest BCUT2D eigenvalue weighted by molar-refractivity contribution is 5.85. The molecule has 2 heterocycles. The Hall–Kier alpha value is -3.22. The summed E-state index contributed by atoms with van der Waals surface area (Å²) in [7, 11) is 1.66. The number of hydrogen-bond donors (Lipinski definition) is 1. The van der Waals surface area contributed by atoms with Crippen molar-refractivity contribution in [1.82, 2.24) is 9.88 Å². The lowest BCUT2D eigenvalue weighted by atomic mass is 9.98. The van der Waals surface area contributed by atoms with Gasteiger partial charge in [-0.25, -0.2) is 4.79 Å². The van der Waals surface area contributed by atoms with Crippen LogP contribution in [0.1, 0.15) is 102 Å². The molecule has 1 aliphatic rings. The van der Waals surface area contributed by atoms with Gasteiger partial charge in [0.25, 0.3) is 0 Å². The molecule has 0 radical (unpaired) electrons. The van der Waals surface area contributed by atoms with E-state index in [1.807, 2.05) is 24.4 Å². The van der Waals surface area contributed by atoms with Crippen LogP contribution in [0.3, 0.4) is 0 Å². The van der Waals surface area contributed by atoms with Crippen molar-refractivity contribution in [2.24, 2.45) is 0 Å². The topological polar surface area (TPSA) is 80.9 Å². The maximum Gasteiger partial charge on any atom is 0.412 e. The molecular weight excluding hydrogens is 504 g/mol. The van der Waals surface area contributed by atoms with Crippen LogP contribution in [0.5, 0.6) is 5.75 Å². The molecule has 7 nitrogen and oxygen atoms in total. The Kier molecular flexibility index (Phi) is 14.2. The molecule has 1 saturated heterocycles. The smallest absolute Gasteiger partial charge is 0.412 e. The van der Waals surface area contributed by atoms with Gasteiger partial charge in [0.15, 0.2) is 0 Å². The monoisotopic (exact) mass is 552 g/mol. The summed E-state index contributed by atoms with van der Waals surface area (Å²) in [5, 5.41) is 1.11. The van der Waals surface area contributed by atoms with Gasteiger partial charge in [-0.2, -0.15) is 0 Å². The normalized spacial score (nSPS) is 15.4. The second-order valence-corrected chi connectivity index (χ2v) is 10.6. The van der Waals surface area contributed by atoms with Crippen molar-refractivity contribution in [3.05, 3.63) is 54.3 Å². The average Bonchev–Trinajstić information content (AvgIpc) is 3.62. The lowest BCUT2D eigenvalue weighted by molar-refractivity contribution is -0.152. The largest absolute Gasteiger partial charge is 0.497 e. The molecular formula is C33H48N2O5. The van der Waals surface area contributed by atoms with Crippen molar-refractivity contribution in [3.8, 4) is 5.75 Å². The van der Waals surface area contributed by atoms with E-state index in [0.717, 1.165) is 55.2 Å². The Morgan fingerprint density at radius 1 is 0.975 bits per heavy atom. The number of H-pyrrole nitrogens is 1. The molecule has 1 unspecified atom stereocenters. The number of unbranched alkanes of at least 4 members (excludes halogenated alkanes) is 8. The Labute approximate surface area is 239 Å². The van der Waals surface area contributed by atoms with E-state index >= 15 is 0 Å². The number of aromatic nitrogens is 1. The first-order valence-corrected chi connectivity index (χ1v) is 15.1. The van der Waals surface area contributed by atoms with Gasteiger partial charge in [-0.1, -0.05) is 63.3 Å². The first-order chi connectivity index (χ1) is 19.6. The van der Waals surface area contributed by atoms with Gasteiger partial charge in [0, 0.05) is 42.5 Å². The average molecular weight is 553 g/mol. The minimum Gasteiger partial charge on any atom is -0.497 e. The summed E-state index contributed by atoms with van der Waals surface area (Å²) in [6, 6.07) is 5.95.